The van der Waals surface area contributed by atoms with Gasteiger partial charge in [-0.3, -0.25) is 0 Å². The Balaban J connectivity index is 1.63. The minimum Gasteiger partial charge on any atom is -0.480 e. The van der Waals surface area contributed by atoms with Crippen molar-refractivity contribution in [1.82, 2.24) is 10.6 Å². The third-order valence-electron chi connectivity index (χ3n) is 4.50. The number of aliphatic carboxylic acids is 1. The van der Waals surface area contributed by atoms with Crippen molar-refractivity contribution in [3.63, 3.8) is 0 Å². The topological polar surface area (TPSA) is 87.7 Å². The Hall–Kier alpha value is -1.30. The monoisotopic (exact) mass is 298 g/mol. The summed E-state index contributed by atoms with van der Waals surface area (Å²) < 4.78 is 5.71. The molecule has 6 heteroatoms. The van der Waals surface area contributed by atoms with Crippen LogP contribution in [-0.2, 0) is 9.53 Å². The van der Waals surface area contributed by atoms with Crippen LogP contribution in [0.2, 0.25) is 0 Å². The number of urea groups is 1. The molecule has 0 aromatic rings. The fraction of sp³-hybridized carbons (Fsp3) is 0.867. The van der Waals surface area contributed by atoms with E-state index in [0.717, 1.165) is 25.7 Å². The van der Waals surface area contributed by atoms with Gasteiger partial charge in [-0.25, -0.2) is 9.59 Å². The van der Waals surface area contributed by atoms with Crippen molar-refractivity contribution in [2.24, 2.45) is 5.92 Å². The lowest BCUT2D eigenvalue weighted by molar-refractivity contribution is -0.144. The molecule has 6 nitrogen and oxygen atoms in total. The third kappa shape index (κ3) is 4.59. The second kappa shape index (κ2) is 7.11. The summed E-state index contributed by atoms with van der Waals surface area (Å²) in [6.45, 7) is 2.46. The van der Waals surface area contributed by atoms with Crippen molar-refractivity contribution in [2.45, 2.75) is 63.5 Å². The molecule has 21 heavy (non-hydrogen) atoms. The summed E-state index contributed by atoms with van der Waals surface area (Å²) in [5.74, 6) is -0.933. The predicted octanol–water partition coefficient (Wildman–Crippen LogP) is 1.89. The molecule has 2 rings (SSSR count). The van der Waals surface area contributed by atoms with Gasteiger partial charge in [0.1, 0.15) is 5.54 Å². The molecule has 0 spiro atoms. The lowest BCUT2D eigenvalue weighted by Gasteiger charge is -2.26. The molecule has 2 fully saturated rings. The molecule has 0 aromatic carbocycles. The van der Waals surface area contributed by atoms with Crippen molar-refractivity contribution in [3.05, 3.63) is 0 Å². The molecule has 3 N–H and O–H groups in total. The fourth-order valence-electron chi connectivity index (χ4n) is 2.89. The van der Waals surface area contributed by atoms with Gasteiger partial charge in [0.25, 0.3) is 0 Å². The molecule has 0 aliphatic heterocycles. The number of carbonyl (C=O) groups is 2. The standard InChI is InChI=1S/C15H26N2O4/c1-15(13(18)19,11-7-8-11)17-14(20)16-9-10-21-12-5-3-2-4-6-12/h11-12H,2-10H2,1H3,(H,18,19)(H2,16,17,20). The van der Waals surface area contributed by atoms with E-state index in [2.05, 4.69) is 10.6 Å². The number of amides is 2. The zero-order chi connectivity index (χ0) is 15.3. The second-order valence-corrected chi connectivity index (χ2v) is 6.29. The van der Waals surface area contributed by atoms with Gasteiger partial charge in [-0.15, -0.1) is 0 Å². The molecule has 2 saturated carbocycles. The van der Waals surface area contributed by atoms with Gasteiger partial charge in [0, 0.05) is 6.54 Å². The highest BCUT2D eigenvalue weighted by Gasteiger charge is 2.48. The smallest absolute Gasteiger partial charge is 0.329 e. The molecule has 2 aliphatic carbocycles. The summed E-state index contributed by atoms with van der Waals surface area (Å²) in [7, 11) is 0. The normalized spacial score (nSPS) is 22.3. The van der Waals surface area contributed by atoms with E-state index in [9.17, 15) is 14.7 Å². The van der Waals surface area contributed by atoms with Crippen LogP contribution in [0.25, 0.3) is 0 Å². The Morgan fingerprint density at radius 3 is 2.43 bits per heavy atom. The largest absolute Gasteiger partial charge is 0.480 e. The van der Waals surface area contributed by atoms with Gasteiger partial charge >= 0.3 is 12.0 Å². The first-order chi connectivity index (χ1) is 10.0. The number of carboxylic acids is 1. The van der Waals surface area contributed by atoms with Gasteiger partial charge in [0.05, 0.1) is 12.7 Å². The highest BCUT2D eigenvalue weighted by atomic mass is 16.5. The first-order valence-electron chi connectivity index (χ1n) is 7.93. The third-order valence-corrected chi connectivity index (χ3v) is 4.50. The van der Waals surface area contributed by atoms with Crippen molar-refractivity contribution >= 4 is 12.0 Å². The van der Waals surface area contributed by atoms with E-state index in [1.165, 1.54) is 19.3 Å². The van der Waals surface area contributed by atoms with E-state index in [4.69, 9.17) is 4.74 Å². The highest BCUT2D eigenvalue weighted by Crippen LogP contribution is 2.39. The SMILES string of the molecule is CC(NC(=O)NCCOC1CCCCC1)(C(=O)O)C1CC1. The molecule has 120 valence electrons. The van der Waals surface area contributed by atoms with Gasteiger partial charge in [0.15, 0.2) is 0 Å². The first kappa shape index (κ1) is 16.1. The zero-order valence-corrected chi connectivity index (χ0v) is 12.7. The van der Waals surface area contributed by atoms with Crippen LogP contribution in [0.15, 0.2) is 0 Å². The Bertz CT molecular complexity index is 378. The van der Waals surface area contributed by atoms with Crippen molar-refractivity contribution < 1.29 is 19.4 Å². The maximum Gasteiger partial charge on any atom is 0.329 e. The fourth-order valence-corrected chi connectivity index (χ4v) is 2.89. The van der Waals surface area contributed by atoms with E-state index in [0.29, 0.717) is 19.3 Å². The molecule has 0 radical (unpaired) electrons. The van der Waals surface area contributed by atoms with Crippen LogP contribution in [0.4, 0.5) is 4.79 Å². The quantitative estimate of drug-likeness (QED) is 0.626. The molecule has 0 heterocycles. The van der Waals surface area contributed by atoms with Crippen LogP contribution in [0, 0.1) is 5.92 Å². The van der Waals surface area contributed by atoms with Crippen molar-refractivity contribution in [3.8, 4) is 0 Å². The molecule has 2 amide bonds. The maximum atomic E-state index is 11.8. The molecule has 0 saturated heterocycles. The van der Waals surface area contributed by atoms with Crippen LogP contribution in [0.3, 0.4) is 0 Å². The lowest BCUT2D eigenvalue weighted by Crippen LogP contribution is -2.57. The number of ether oxygens (including phenoxy) is 1. The van der Waals surface area contributed by atoms with Crippen LogP contribution in [0.1, 0.15) is 51.9 Å². The Labute approximate surface area is 125 Å². The average molecular weight is 298 g/mol. The van der Waals surface area contributed by atoms with E-state index in [-0.39, 0.29) is 5.92 Å². The Kier molecular flexibility index (Phi) is 5.45. The molecule has 0 bridgehead atoms. The van der Waals surface area contributed by atoms with E-state index < -0.39 is 17.5 Å². The van der Waals surface area contributed by atoms with Crippen LogP contribution >= 0.6 is 0 Å². The van der Waals surface area contributed by atoms with E-state index in [1.54, 1.807) is 6.92 Å². The average Bonchev–Trinajstić information content (AvgIpc) is 3.29. The molecule has 1 unspecified atom stereocenters. The molecular weight excluding hydrogens is 272 g/mol. The predicted molar refractivity (Wildman–Crippen MR) is 78.1 cm³/mol. The molecule has 1 atom stereocenters. The summed E-state index contributed by atoms with van der Waals surface area (Å²) in [5, 5.41) is 14.5. The summed E-state index contributed by atoms with van der Waals surface area (Å²) in [6.07, 6.45) is 7.96. The van der Waals surface area contributed by atoms with Gasteiger partial charge in [0.2, 0.25) is 0 Å². The number of carbonyl (C=O) groups excluding carboxylic acids is 1. The molecular formula is C15H26N2O4. The number of carboxylic acid groups (broad SMARTS) is 1. The van der Waals surface area contributed by atoms with Gasteiger partial charge in [-0.05, 0) is 38.5 Å². The number of rotatable bonds is 7. The zero-order valence-electron chi connectivity index (χ0n) is 12.7. The first-order valence-corrected chi connectivity index (χ1v) is 7.93. The highest BCUT2D eigenvalue weighted by molar-refractivity contribution is 5.86. The number of nitrogens with one attached hydrogen (secondary N) is 2. The minimum absolute atomic E-state index is 0.0410. The minimum atomic E-state index is -1.16. The maximum absolute atomic E-state index is 11.8. The van der Waals surface area contributed by atoms with Crippen LogP contribution < -0.4 is 10.6 Å². The summed E-state index contributed by atoms with van der Waals surface area (Å²) in [4.78, 5) is 23.1. The van der Waals surface area contributed by atoms with Crippen LogP contribution in [0.5, 0.6) is 0 Å². The molecule has 0 aromatic heterocycles. The van der Waals surface area contributed by atoms with E-state index >= 15 is 0 Å². The van der Waals surface area contributed by atoms with Gasteiger partial charge < -0.3 is 20.5 Å². The Morgan fingerprint density at radius 2 is 1.86 bits per heavy atom. The van der Waals surface area contributed by atoms with Crippen molar-refractivity contribution in [1.29, 1.82) is 0 Å². The van der Waals surface area contributed by atoms with Crippen LogP contribution in [-0.4, -0.2) is 41.9 Å². The van der Waals surface area contributed by atoms with E-state index in [1.807, 2.05) is 0 Å². The van der Waals surface area contributed by atoms with Gasteiger partial charge in [-0.2, -0.15) is 0 Å². The lowest BCUT2D eigenvalue weighted by atomic mass is 9.96. The summed E-state index contributed by atoms with van der Waals surface area (Å²) >= 11 is 0. The second-order valence-electron chi connectivity index (χ2n) is 6.29. The number of hydrogen-bond acceptors (Lipinski definition) is 3. The summed E-state index contributed by atoms with van der Waals surface area (Å²) in [5.41, 5.74) is -1.16. The molecule has 2 aliphatic rings. The Morgan fingerprint density at radius 1 is 1.19 bits per heavy atom. The summed E-state index contributed by atoms with van der Waals surface area (Å²) in [6, 6.07) is -0.431. The van der Waals surface area contributed by atoms with Gasteiger partial charge in [-0.1, -0.05) is 19.3 Å². The van der Waals surface area contributed by atoms with Crippen molar-refractivity contribution in [2.75, 3.05) is 13.2 Å². The number of hydrogen-bond donors (Lipinski definition) is 3.